The number of phenols is 1. The molecule has 1 fully saturated rings. The van der Waals surface area contributed by atoms with E-state index in [2.05, 4.69) is 9.88 Å². The molecule has 1 N–H and O–H groups in total. The smallest absolute Gasteiger partial charge is 0.233 e. The van der Waals surface area contributed by atoms with Gasteiger partial charge in [-0.2, -0.15) is 0 Å². The highest BCUT2D eigenvalue weighted by Gasteiger charge is 2.21. The summed E-state index contributed by atoms with van der Waals surface area (Å²) in [6.07, 6.45) is 3.62. The molecule has 1 aromatic carbocycles. The molecule has 0 aliphatic carbocycles. The molecule has 3 rings (SSSR count). The van der Waals surface area contributed by atoms with Crippen molar-refractivity contribution in [3.63, 3.8) is 0 Å². The highest BCUT2D eigenvalue weighted by atomic mass is 32.2. The van der Waals surface area contributed by atoms with Gasteiger partial charge in [-0.1, -0.05) is 11.8 Å². The Morgan fingerprint density at radius 1 is 1.22 bits per heavy atom. The van der Waals surface area contributed by atoms with Gasteiger partial charge >= 0.3 is 0 Å². The first-order chi connectivity index (χ1) is 11.1. The van der Waals surface area contributed by atoms with Gasteiger partial charge in [0.25, 0.3) is 0 Å². The fourth-order valence-electron chi connectivity index (χ4n) is 2.59. The molecule has 1 aliphatic heterocycles. The second-order valence-electron chi connectivity index (χ2n) is 5.49. The van der Waals surface area contributed by atoms with Crippen LogP contribution in [0.3, 0.4) is 0 Å². The minimum atomic E-state index is 0.156. The predicted octanol–water partition coefficient (Wildman–Crippen LogP) is 1.57. The zero-order chi connectivity index (χ0) is 16.2. The Bertz CT molecular complexity index is 663. The zero-order valence-corrected chi connectivity index (χ0v) is 13.9. The van der Waals surface area contributed by atoms with Crippen molar-refractivity contribution in [1.29, 1.82) is 0 Å². The number of benzene rings is 1. The molecule has 0 radical (unpaired) electrons. The number of nitrogens with zero attached hydrogens (tertiary/aromatic N) is 4. The van der Waals surface area contributed by atoms with E-state index in [1.54, 1.807) is 18.3 Å². The number of aromatic nitrogens is 2. The van der Waals surface area contributed by atoms with Crippen molar-refractivity contribution in [2.75, 3.05) is 36.8 Å². The SMILES string of the molecule is Cn1ccnc1SCC(=O)N1CCN(c2ccc(O)cc2)CC1. The molecule has 0 spiro atoms. The van der Waals surface area contributed by atoms with Crippen LogP contribution in [0.15, 0.2) is 41.8 Å². The van der Waals surface area contributed by atoms with Crippen molar-refractivity contribution in [2.24, 2.45) is 7.05 Å². The molecule has 0 saturated carbocycles. The quantitative estimate of drug-likeness (QED) is 0.861. The van der Waals surface area contributed by atoms with E-state index in [0.717, 1.165) is 37.0 Å². The van der Waals surface area contributed by atoms with Crippen LogP contribution in [0.4, 0.5) is 5.69 Å². The van der Waals surface area contributed by atoms with E-state index in [1.165, 1.54) is 11.8 Å². The number of aromatic hydroxyl groups is 1. The van der Waals surface area contributed by atoms with Crippen molar-refractivity contribution in [2.45, 2.75) is 5.16 Å². The Kier molecular flexibility index (Phi) is 4.76. The molecule has 6 nitrogen and oxygen atoms in total. The van der Waals surface area contributed by atoms with Gasteiger partial charge in [0.15, 0.2) is 5.16 Å². The molecule has 122 valence electrons. The van der Waals surface area contributed by atoms with Crippen LogP contribution in [0.2, 0.25) is 0 Å². The van der Waals surface area contributed by atoms with Gasteiger partial charge in [-0.25, -0.2) is 4.98 Å². The summed E-state index contributed by atoms with van der Waals surface area (Å²) in [7, 11) is 1.93. The van der Waals surface area contributed by atoms with E-state index in [9.17, 15) is 9.90 Å². The van der Waals surface area contributed by atoms with Crippen molar-refractivity contribution in [3.8, 4) is 5.75 Å². The average Bonchev–Trinajstić information content (AvgIpc) is 2.99. The minimum absolute atomic E-state index is 0.156. The molecule has 7 heteroatoms. The molecular formula is C16H20N4O2S. The van der Waals surface area contributed by atoms with E-state index in [1.807, 2.05) is 34.8 Å². The van der Waals surface area contributed by atoms with E-state index < -0.39 is 0 Å². The van der Waals surface area contributed by atoms with Gasteiger partial charge in [-0.05, 0) is 24.3 Å². The number of carbonyl (C=O) groups excluding carboxylic acids is 1. The third-order valence-corrected chi connectivity index (χ3v) is 4.99. The summed E-state index contributed by atoms with van der Waals surface area (Å²) in [6.45, 7) is 3.06. The summed E-state index contributed by atoms with van der Waals surface area (Å²) >= 11 is 1.47. The Morgan fingerprint density at radius 3 is 2.52 bits per heavy atom. The van der Waals surface area contributed by atoms with Gasteiger partial charge in [0.2, 0.25) is 5.91 Å². The van der Waals surface area contributed by atoms with Crippen LogP contribution >= 0.6 is 11.8 Å². The van der Waals surface area contributed by atoms with Crippen molar-refractivity contribution < 1.29 is 9.90 Å². The lowest BCUT2D eigenvalue weighted by Gasteiger charge is -2.36. The zero-order valence-electron chi connectivity index (χ0n) is 13.1. The first kappa shape index (κ1) is 15.7. The van der Waals surface area contributed by atoms with Gasteiger partial charge in [0, 0.05) is 51.3 Å². The summed E-state index contributed by atoms with van der Waals surface area (Å²) in [5, 5.41) is 10.2. The molecule has 1 amide bonds. The van der Waals surface area contributed by atoms with Crippen LogP contribution in [-0.2, 0) is 11.8 Å². The number of phenolic OH excluding ortho intramolecular Hbond substituents is 1. The van der Waals surface area contributed by atoms with Gasteiger partial charge in [-0.3, -0.25) is 4.79 Å². The molecule has 0 unspecified atom stereocenters. The molecule has 2 aromatic rings. The molecule has 1 aromatic heterocycles. The second-order valence-corrected chi connectivity index (χ2v) is 6.44. The maximum atomic E-state index is 12.3. The number of anilines is 1. The number of thioether (sulfide) groups is 1. The number of imidazole rings is 1. The predicted molar refractivity (Wildman–Crippen MR) is 90.8 cm³/mol. The second kappa shape index (κ2) is 6.95. The monoisotopic (exact) mass is 332 g/mol. The van der Waals surface area contributed by atoms with E-state index in [-0.39, 0.29) is 11.7 Å². The summed E-state index contributed by atoms with van der Waals surface area (Å²) in [5.74, 6) is 0.849. The van der Waals surface area contributed by atoms with Crippen molar-refractivity contribution >= 4 is 23.4 Å². The highest BCUT2D eigenvalue weighted by Crippen LogP contribution is 2.20. The third kappa shape index (κ3) is 3.79. The normalized spacial score (nSPS) is 15.0. The van der Waals surface area contributed by atoms with Gasteiger partial charge in [0.05, 0.1) is 5.75 Å². The average molecular weight is 332 g/mol. The van der Waals surface area contributed by atoms with Crippen molar-refractivity contribution in [3.05, 3.63) is 36.7 Å². The minimum Gasteiger partial charge on any atom is -0.508 e. The molecular weight excluding hydrogens is 312 g/mol. The standard InChI is InChI=1S/C16H20N4O2S/c1-18-7-6-17-16(18)23-12-15(22)20-10-8-19(9-11-20)13-2-4-14(21)5-3-13/h2-7,21H,8-12H2,1H3. The lowest BCUT2D eigenvalue weighted by Crippen LogP contribution is -2.49. The summed E-state index contributed by atoms with van der Waals surface area (Å²) < 4.78 is 1.92. The topological polar surface area (TPSA) is 61.6 Å². The van der Waals surface area contributed by atoms with Gasteiger partial charge in [0.1, 0.15) is 5.75 Å². The highest BCUT2D eigenvalue weighted by molar-refractivity contribution is 7.99. The van der Waals surface area contributed by atoms with E-state index >= 15 is 0 Å². The molecule has 2 heterocycles. The fourth-order valence-corrected chi connectivity index (χ4v) is 3.42. The molecule has 0 atom stereocenters. The number of carbonyl (C=O) groups is 1. The third-order valence-electron chi connectivity index (χ3n) is 3.95. The first-order valence-corrected chi connectivity index (χ1v) is 8.54. The Morgan fingerprint density at radius 2 is 1.91 bits per heavy atom. The Balaban J connectivity index is 1.49. The lowest BCUT2D eigenvalue weighted by atomic mass is 10.2. The van der Waals surface area contributed by atoms with E-state index in [4.69, 9.17) is 0 Å². The number of amides is 1. The summed E-state index contributed by atoms with van der Waals surface area (Å²) in [6, 6.07) is 7.19. The summed E-state index contributed by atoms with van der Waals surface area (Å²) in [5.41, 5.74) is 1.08. The maximum Gasteiger partial charge on any atom is 0.233 e. The largest absolute Gasteiger partial charge is 0.508 e. The number of rotatable bonds is 4. The molecule has 23 heavy (non-hydrogen) atoms. The van der Waals surface area contributed by atoms with Crippen LogP contribution in [0.5, 0.6) is 5.75 Å². The van der Waals surface area contributed by atoms with E-state index in [0.29, 0.717) is 5.75 Å². The molecule has 0 bridgehead atoms. The Labute approximate surface area is 139 Å². The Hall–Kier alpha value is -2.15. The fraction of sp³-hybridized carbons (Fsp3) is 0.375. The van der Waals surface area contributed by atoms with Crippen LogP contribution in [0.1, 0.15) is 0 Å². The van der Waals surface area contributed by atoms with Gasteiger partial charge in [-0.15, -0.1) is 0 Å². The van der Waals surface area contributed by atoms with Crippen LogP contribution in [0.25, 0.3) is 0 Å². The molecule has 1 saturated heterocycles. The summed E-state index contributed by atoms with van der Waals surface area (Å²) in [4.78, 5) is 20.7. The lowest BCUT2D eigenvalue weighted by molar-refractivity contribution is -0.128. The van der Waals surface area contributed by atoms with Crippen LogP contribution < -0.4 is 4.90 Å². The first-order valence-electron chi connectivity index (χ1n) is 7.55. The van der Waals surface area contributed by atoms with Gasteiger partial charge < -0.3 is 19.5 Å². The number of aryl methyl sites for hydroxylation is 1. The maximum absolute atomic E-state index is 12.3. The van der Waals surface area contributed by atoms with Crippen LogP contribution in [-0.4, -0.2) is 57.4 Å². The number of piperazine rings is 1. The van der Waals surface area contributed by atoms with Crippen molar-refractivity contribution in [1.82, 2.24) is 14.5 Å². The number of hydrogen-bond acceptors (Lipinski definition) is 5. The number of hydrogen-bond donors (Lipinski definition) is 1. The van der Waals surface area contributed by atoms with Crippen LogP contribution in [0, 0.1) is 0 Å². The molecule has 1 aliphatic rings.